The fourth-order valence-electron chi connectivity index (χ4n) is 3.07. The molecule has 3 rings (SSSR count). The summed E-state index contributed by atoms with van der Waals surface area (Å²) in [7, 11) is 1.86. The molecule has 23 heavy (non-hydrogen) atoms. The zero-order valence-electron chi connectivity index (χ0n) is 13.4. The predicted octanol–water partition coefficient (Wildman–Crippen LogP) is 1.34. The Labute approximate surface area is 136 Å². The first-order valence-corrected chi connectivity index (χ1v) is 7.98. The maximum atomic E-state index is 12.6. The van der Waals surface area contributed by atoms with Gasteiger partial charge >= 0.3 is 0 Å². The Morgan fingerprint density at radius 1 is 1.13 bits per heavy atom. The molecule has 1 aliphatic rings. The monoisotopic (exact) mass is 313 g/mol. The Morgan fingerprint density at radius 3 is 2.61 bits per heavy atom. The maximum Gasteiger partial charge on any atom is 0.270 e. The molecule has 0 radical (unpaired) electrons. The van der Waals surface area contributed by atoms with Gasteiger partial charge in [0.05, 0.1) is 6.10 Å². The molecular weight excluding hydrogens is 290 g/mol. The Kier molecular flexibility index (Phi) is 4.79. The number of hydrogen-bond acceptors (Lipinski definition) is 3. The summed E-state index contributed by atoms with van der Waals surface area (Å²) < 4.78 is 1.82. The number of nitrogens with zero attached hydrogens (tertiary/aromatic N) is 3. The van der Waals surface area contributed by atoms with Crippen LogP contribution in [0.2, 0.25) is 0 Å². The number of carbonyl (C=O) groups is 1. The number of hydrogen-bond donors (Lipinski definition) is 1. The van der Waals surface area contributed by atoms with Crippen LogP contribution >= 0.6 is 0 Å². The highest BCUT2D eigenvalue weighted by Gasteiger charge is 2.26. The van der Waals surface area contributed by atoms with E-state index >= 15 is 0 Å². The zero-order valence-corrected chi connectivity index (χ0v) is 13.4. The third-order valence-corrected chi connectivity index (χ3v) is 4.29. The molecule has 0 aliphatic carbocycles. The summed E-state index contributed by atoms with van der Waals surface area (Å²) in [5, 5.41) is 10.3. The summed E-state index contributed by atoms with van der Waals surface area (Å²) in [6.45, 7) is 3.17. The first kappa shape index (κ1) is 15.8. The lowest BCUT2D eigenvalue weighted by Crippen LogP contribution is -2.38. The molecule has 0 unspecified atom stereocenters. The smallest absolute Gasteiger partial charge is 0.270 e. The Balaban J connectivity index is 1.66. The number of aliphatic hydroxyl groups excluding tert-OH is 1. The average molecular weight is 313 g/mol. The van der Waals surface area contributed by atoms with Crippen LogP contribution in [0.5, 0.6) is 0 Å². The van der Waals surface area contributed by atoms with Gasteiger partial charge in [-0.1, -0.05) is 30.3 Å². The van der Waals surface area contributed by atoms with Crippen molar-refractivity contribution in [2.24, 2.45) is 7.05 Å². The van der Waals surface area contributed by atoms with E-state index < -0.39 is 6.10 Å². The molecule has 1 aromatic heterocycles. The van der Waals surface area contributed by atoms with Crippen LogP contribution in [0.4, 0.5) is 0 Å². The van der Waals surface area contributed by atoms with Crippen LogP contribution < -0.4 is 0 Å². The van der Waals surface area contributed by atoms with E-state index in [1.165, 1.54) is 5.56 Å². The zero-order chi connectivity index (χ0) is 16.2. The summed E-state index contributed by atoms with van der Waals surface area (Å²) in [5.41, 5.74) is 1.88. The molecule has 1 amide bonds. The van der Waals surface area contributed by atoms with Gasteiger partial charge in [-0.3, -0.25) is 9.69 Å². The van der Waals surface area contributed by atoms with Crippen LogP contribution in [0, 0.1) is 0 Å². The van der Waals surface area contributed by atoms with E-state index in [1.54, 1.807) is 4.90 Å². The van der Waals surface area contributed by atoms with Crippen LogP contribution in [0.3, 0.4) is 0 Å². The Hall–Kier alpha value is -2.11. The van der Waals surface area contributed by atoms with Crippen molar-refractivity contribution in [1.82, 2.24) is 14.4 Å². The molecule has 5 nitrogen and oxygen atoms in total. The van der Waals surface area contributed by atoms with E-state index in [2.05, 4.69) is 17.0 Å². The van der Waals surface area contributed by atoms with E-state index in [0.29, 0.717) is 25.3 Å². The first-order chi connectivity index (χ1) is 11.1. The molecule has 1 N–H and O–H groups in total. The molecule has 2 aromatic rings. The normalized spacial score (nSPS) is 19.6. The van der Waals surface area contributed by atoms with Gasteiger partial charge in [0.25, 0.3) is 5.91 Å². The van der Waals surface area contributed by atoms with E-state index in [0.717, 1.165) is 13.1 Å². The topological polar surface area (TPSA) is 48.7 Å². The van der Waals surface area contributed by atoms with Crippen LogP contribution in [0.1, 0.15) is 16.1 Å². The van der Waals surface area contributed by atoms with Crippen molar-refractivity contribution in [1.29, 1.82) is 0 Å². The van der Waals surface area contributed by atoms with Crippen LogP contribution in [0.15, 0.2) is 48.7 Å². The average Bonchev–Trinajstić information content (AvgIpc) is 2.88. The predicted molar refractivity (Wildman–Crippen MR) is 89.0 cm³/mol. The van der Waals surface area contributed by atoms with Crippen molar-refractivity contribution in [3.63, 3.8) is 0 Å². The highest BCUT2D eigenvalue weighted by atomic mass is 16.3. The standard InChI is InChI=1S/C18H23N3O2/c1-19-9-5-8-17(19)18(23)21-11-10-20(13-16(22)14-21)12-15-6-3-2-4-7-15/h2-9,16,22H,10-14H2,1H3/t16-/m1/s1. The number of benzene rings is 1. The van der Waals surface area contributed by atoms with E-state index in [-0.39, 0.29) is 5.91 Å². The molecule has 1 aromatic carbocycles. The molecule has 0 spiro atoms. The number of amides is 1. The quantitative estimate of drug-likeness (QED) is 0.930. The van der Waals surface area contributed by atoms with E-state index in [4.69, 9.17) is 0 Å². The largest absolute Gasteiger partial charge is 0.390 e. The van der Waals surface area contributed by atoms with Gasteiger partial charge in [-0.05, 0) is 17.7 Å². The third kappa shape index (κ3) is 3.81. The van der Waals surface area contributed by atoms with Gasteiger partial charge in [0.2, 0.25) is 0 Å². The molecule has 1 atom stereocenters. The minimum atomic E-state index is -0.523. The van der Waals surface area contributed by atoms with E-state index in [9.17, 15) is 9.90 Å². The van der Waals surface area contributed by atoms with Crippen molar-refractivity contribution in [3.05, 3.63) is 59.9 Å². The number of rotatable bonds is 3. The highest BCUT2D eigenvalue weighted by molar-refractivity contribution is 5.92. The number of aryl methyl sites for hydroxylation is 1. The van der Waals surface area contributed by atoms with Crippen molar-refractivity contribution in [2.75, 3.05) is 26.2 Å². The fourth-order valence-corrected chi connectivity index (χ4v) is 3.07. The SMILES string of the molecule is Cn1cccc1C(=O)N1CCN(Cc2ccccc2)C[C@@H](O)C1. The Morgan fingerprint density at radius 2 is 1.91 bits per heavy atom. The van der Waals surface area contributed by atoms with Gasteiger partial charge in [-0.15, -0.1) is 0 Å². The van der Waals surface area contributed by atoms with Gasteiger partial charge in [0.1, 0.15) is 5.69 Å². The summed E-state index contributed by atoms with van der Waals surface area (Å²) in [4.78, 5) is 16.6. The minimum absolute atomic E-state index is 0.0156. The molecular formula is C18H23N3O2. The van der Waals surface area contributed by atoms with Gasteiger partial charge < -0.3 is 14.6 Å². The van der Waals surface area contributed by atoms with Crippen LogP contribution in [-0.4, -0.2) is 57.7 Å². The second-order valence-corrected chi connectivity index (χ2v) is 6.13. The molecule has 0 saturated carbocycles. The van der Waals surface area contributed by atoms with Gasteiger partial charge in [0.15, 0.2) is 0 Å². The molecule has 1 saturated heterocycles. The van der Waals surface area contributed by atoms with Crippen LogP contribution in [-0.2, 0) is 13.6 Å². The van der Waals surface area contributed by atoms with Crippen molar-refractivity contribution < 1.29 is 9.90 Å². The number of aliphatic hydroxyl groups is 1. The fraction of sp³-hybridized carbons (Fsp3) is 0.389. The highest BCUT2D eigenvalue weighted by Crippen LogP contribution is 2.12. The van der Waals surface area contributed by atoms with Crippen molar-refractivity contribution in [3.8, 4) is 0 Å². The molecule has 2 heterocycles. The molecule has 1 fully saturated rings. The summed E-state index contributed by atoms with van der Waals surface area (Å²) in [6.07, 6.45) is 1.34. The second-order valence-electron chi connectivity index (χ2n) is 6.13. The lowest BCUT2D eigenvalue weighted by molar-refractivity contribution is 0.0654. The minimum Gasteiger partial charge on any atom is -0.390 e. The second kappa shape index (κ2) is 6.98. The number of carbonyl (C=O) groups excluding carboxylic acids is 1. The maximum absolute atomic E-state index is 12.6. The lowest BCUT2D eigenvalue weighted by atomic mass is 10.2. The molecule has 5 heteroatoms. The van der Waals surface area contributed by atoms with Crippen molar-refractivity contribution >= 4 is 5.91 Å². The van der Waals surface area contributed by atoms with Gasteiger partial charge in [0, 0.05) is 46.0 Å². The van der Waals surface area contributed by atoms with Crippen molar-refractivity contribution in [2.45, 2.75) is 12.6 Å². The Bertz CT molecular complexity index is 653. The summed E-state index contributed by atoms with van der Waals surface area (Å²) in [6, 6.07) is 13.9. The summed E-state index contributed by atoms with van der Waals surface area (Å²) in [5.74, 6) is -0.0156. The number of aromatic nitrogens is 1. The molecule has 0 bridgehead atoms. The molecule has 1 aliphatic heterocycles. The van der Waals surface area contributed by atoms with Gasteiger partial charge in [-0.25, -0.2) is 0 Å². The molecule has 122 valence electrons. The first-order valence-electron chi connectivity index (χ1n) is 7.98. The van der Waals surface area contributed by atoms with Gasteiger partial charge in [-0.2, -0.15) is 0 Å². The van der Waals surface area contributed by atoms with Crippen LogP contribution in [0.25, 0.3) is 0 Å². The number of β-amino-alcohol motifs (C(OH)–C–C–N with tert-alkyl or cyclic N) is 1. The van der Waals surface area contributed by atoms with E-state index in [1.807, 2.05) is 48.1 Å². The third-order valence-electron chi connectivity index (χ3n) is 4.29. The lowest BCUT2D eigenvalue weighted by Gasteiger charge is -2.22. The summed E-state index contributed by atoms with van der Waals surface area (Å²) >= 11 is 0.